The summed E-state index contributed by atoms with van der Waals surface area (Å²) in [6.45, 7) is 2.96. The normalized spacial score (nSPS) is 23.7. The molecule has 0 aromatic heterocycles. The van der Waals surface area contributed by atoms with Crippen LogP contribution >= 0.6 is 0 Å². The number of benzene rings is 1. The van der Waals surface area contributed by atoms with E-state index in [2.05, 4.69) is 48.7 Å². The molecule has 0 aliphatic heterocycles. The summed E-state index contributed by atoms with van der Waals surface area (Å²) in [7, 11) is 3.79. The fourth-order valence-electron chi connectivity index (χ4n) is 2.70. The van der Waals surface area contributed by atoms with E-state index in [9.17, 15) is 0 Å². The van der Waals surface area contributed by atoms with Gasteiger partial charge >= 0.3 is 0 Å². The van der Waals surface area contributed by atoms with Crippen molar-refractivity contribution in [1.29, 1.82) is 0 Å². The molecule has 2 nitrogen and oxygen atoms in total. The number of ether oxygens (including phenoxy) is 1. The highest BCUT2D eigenvalue weighted by Gasteiger charge is 2.35. The second-order valence-corrected chi connectivity index (χ2v) is 4.90. The van der Waals surface area contributed by atoms with E-state index in [1.165, 1.54) is 11.1 Å². The second kappa shape index (κ2) is 5.03. The van der Waals surface area contributed by atoms with Gasteiger partial charge in [0.05, 0.1) is 6.61 Å². The minimum absolute atomic E-state index is 0.0355. The lowest BCUT2D eigenvalue weighted by Gasteiger charge is -2.31. The molecule has 92 valence electrons. The minimum atomic E-state index is 0.0355. The number of methoxy groups -OCH3 is 1. The first kappa shape index (κ1) is 12.3. The van der Waals surface area contributed by atoms with E-state index >= 15 is 0 Å². The number of nitrogens with one attached hydrogen (secondary N) is 1. The van der Waals surface area contributed by atoms with Crippen molar-refractivity contribution in [3.63, 3.8) is 0 Å². The van der Waals surface area contributed by atoms with E-state index in [1.54, 1.807) is 7.11 Å². The van der Waals surface area contributed by atoms with Gasteiger partial charge in [0.2, 0.25) is 0 Å². The van der Waals surface area contributed by atoms with Crippen molar-refractivity contribution in [2.75, 3.05) is 20.8 Å². The van der Waals surface area contributed by atoms with Crippen molar-refractivity contribution in [3.05, 3.63) is 41.5 Å². The van der Waals surface area contributed by atoms with E-state index in [-0.39, 0.29) is 5.41 Å². The van der Waals surface area contributed by atoms with Gasteiger partial charge in [0, 0.05) is 18.6 Å². The van der Waals surface area contributed by atoms with Crippen molar-refractivity contribution < 1.29 is 4.74 Å². The zero-order valence-electron chi connectivity index (χ0n) is 10.9. The number of rotatable bonds is 5. The third-order valence-electron chi connectivity index (χ3n) is 3.64. The van der Waals surface area contributed by atoms with Gasteiger partial charge in [-0.15, -0.1) is 0 Å². The van der Waals surface area contributed by atoms with Crippen LogP contribution in [-0.2, 0) is 10.2 Å². The van der Waals surface area contributed by atoms with Gasteiger partial charge in [-0.05, 0) is 31.5 Å². The summed E-state index contributed by atoms with van der Waals surface area (Å²) in [5.41, 5.74) is 2.75. The minimum Gasteiger partial charge on any atom is -0.383 e. The molecule has 2 rings (SSSR count). The lowest BCUT2D eigenvalue weighted by atomic mass is 9.78. The van der Waals surface area contributed by atoms with Gasteiger partial charge in [-0.3, -0.25) is 0 Å². The van der Waals surface area contributed by atoms with Crippen LogP contribution in [0.1, 0.15) is 24.5 Å². The first-order chi connectivity index (χ1) is 8.22. The molecule has 17 heavy (non-hydrogen) atoms. The van der Waals surface area contributed by atoms with E-state index < -0.39 is 0 Å². The molecular weight excluding hydrogens is 210 g/mol. The van der Waals surface area contributed by atoms with E-state index in [0.717, 1.165) is 13.0 Å². The Kier molecular flexibility index (Phi) is 3.65. The molecule has 2 heteroatoms. The highest BCUT2D eigenvalue weighted by atomic mass is 16.5. The zero-order valence-corrected chi connectivity index (χ0v) is 10.9. The zero-order chi connectivity index (χ0) is 12.3. The Morgan fingerprint density at radius 1 is 1.35 bits per heavy atom. The topological polar surface area (TPSA) is 21.3 Å². The summed E-state index contributed by atoms with van der Waals surface area (Å²) >= 11 is 0. The van der Waals surface area contributed by atoms with E-state index in [0.29, 0.717) is 6.04 Å². The molecule has 0 fully saturated rings. The molecule has 0 saturated heterocycles. The van der Waals surface area contributed by atoms with Gasteiger partial charge in [0.1, 0.15) is 0 Å². The molecule has 0 saturated carbocycles. The van der Waals surface area contributed by atoms with Gasteiger partial charge in [0.15, 0.2) is 0 Å². The Morgan fingerprint density at radius 2 is 2.12 bits per heavy atom. The van der Waals surface area contributed by atoms with Crippen LogP contribution in [0.15, 0.2) is 30.3 Å². The molecular formula is C15H21NO. The molecule has 0 spiro atoms. The average Bonchev–Trinajstić information content (AvgIpc) is 2.69. The summed E-state index contributed by atoms with van der Waals surface area (Å²) in [5, 5.41) is 3.32. The Labute approximate surface area is 104 Å². The van der Waals surface area contributed by atoms with Crippen LogP contribution in [-0.4, -0.2) is 26.8 Å². The molecule has 0 radical (unpaired) electrons. The first-order valence-electron chi connectivity index (χ1n) is 6.17. The second-order valence-electron chi connectivity index (χ2n) is 4.90. The van der Waals surface area contributed by atoms with Crippen LogP contribution in [0.2, 0.25) is 0 Å². The molecule has 1 aromatic carbocycles. The van der Waals surface area contributed by atoms with Crippen molar-refractivity contribution in [3.8, 4) is 0 Å². The van der Waals surface area contributed by atoms with Gasteiger partial charge in [-0.1, -0.05) is 36.4 Å². The molecule has 1 aromatic rings. The third-order valence-corrected chi connectivity index (χ3v) is 3.64. The summed E-state index contributed by atoms with van der Waals surface area (Å²) in [5.74, 6) is 0. The largest absolute Gasteiger partial charge is 0.383 e. The highest BCUT2D eigenvalue weighted by Crippen LogP contribution is 2.39. The average molecular weight is 231 g/mol. The third kappa shape index (κ3) is 2.28. The molecule has 2 atom stereocenters. The molecule has 0 heterocycles. The fourth-order valence-corrected chi connectivity index (χ4v) is 2.70. The van der Waals surface area contributed by atoms with Crippen LogP contribution in [0, 0.1) is 0 Å². The van der Waals surface area contributed by atoms with Crippen molar-refractivity contribution in [1.82, 2.24) is 5.32 Å². The molecule has 0 amide bonds. The number of hydrogen-bond donors (Lipinski definition) is 1. The molecule has 0 bridgehead atoms. The summed E-state index contributed by atoms with van der Waals surface area (Å²) in [6, 6.07) is 9.07. The monoisotopic (exact) mass is 231 g/mol. The van der Waals surface area contributed by atoms with Crippen molar-refractivity contribution in [2.45, 2.75) is 24.8 Å². The van der Waals surface area contributed by atoms with Crippen LogP contribution < -0.4 is 5.32 Å². The van der Waals surface area contributed by atoms with Crippen molar-refractivity contribution >= 4 is 6.08 Å². The van der Waals surface area contributed by atoms with E-state index in [1.807, 2.05) is 7.05 Å². The Hall–Kier alpha value is -1.12. The molecule has 1 aliphatic rings. The molecule has 1 N–H and O–H groups in total. The van der Waals surface area contributed by atoms with Crippen LogP contribution in [0.5, 0.6) is 0 Å². The van der Waals surface area contributed by atoms with Gasteiger partial charge in [-0.2, -0.15) is 0 Å². The van der Waals surface area contributed by atoms with Gasteiger partial charge < -0.3 is 10.1 Å². The Bertz CT molecular complexity index is 413. The predicted octanol–water partition coefficient (Wildman–Crippen LogP) is 2.60. The number of hydrogen-bond acceptors (Lipinski definition) is 2. The SMILES string of the molecule is CNC(C)CC1(COC)C=Cc2ccccc21. The highest BCUT2D eigenvalue weighted by molar-refractivity contribution is 5.65. The first-order valence-corrected chi connectivity index (χ1v) is 6.17. The lowest BCUT2D eigenvalue weighted by molar-refractivity contribution is 0.143. The molecule has 1 aliphatic carbocycles. The van der Waals surface area contributed by atoms with Crippen LogP contribution in [0.4, 0.5) is 0 Å². The smallest absolute Gasteiger partial charge is 0.0594 e. The van der Waals surface area contributed by atoms with E-state index in [4.69, 9.17) is 4.74 Å². The summed E-state index contributed by atoms with van der Waals surface area (Å²) < 4.78 is 5.45. The predicted molar refractivity (Wildman–Crippen MR) is 72.2 cm³/mol. The van der Waals surface area contributed by atoms with Crippen LogP contribution in [0.25, 0.3) is 6.08 Å². The quantitative estimate of drug-likeness (QED) is 0.841. The van der Waals surface area contributed by atoms with Gasteiger partial charge in [0.25, 0.3) is 0 Å². The van der Waals surface area contributed by atoms with Crippen molar-refractivity contribution in [2.24, 2.45) is 0 Å². The summed E-state index contributed by atoms with van der Waals surface area (Å²) in [6.07, 6.45) is 5.58. The maximum Gasteiger partial charge on any atom is 0.0594 e. The maximum atomic E-state index is 5.45. The standard InChI is InChI=1S/C15H21NO/c1-12(16-2)10-15(11-17-3)9-8-13-6-4-5-7-14(13)15/h4-9,12,16H,10-11H2,1-3H3. The Morgan fingerprint density at radius 3 is 2.82 bits per heavy atom. The molecule has 2 unspecified atom stereocenters. The van der Waals surface area contributed by atoms with Crippen LogP contribution in [0.3, 0.4) is 0 Å². The maximum absolute atomic E-state index is 5.45. The van der Waals surface area contributed by atoms with Gasteiger partial charge in [-0.25, -0.2) is 0 Å². The lowest BCUT2D eigenvalue weighted by Crippen LogP contribution is -2.36. The Balaban J connectivity index is 2.34. The summed E-state index contributed by atoms with van der Waals surface area (Å²) in [4.78, 5) is 0. The fraction of sp³-hybridized carbons (Fsp3) is 0.467. The number of fused-ring (bicyclic) bond motifs is 1.